The highest BCUT2D eigenvalue weighted by Gasteiger charge is 2.17. The van der Waals surface area contributed by atoms with Gasteiger partial charge in [-0.05, 0) is 44.0 Å². The summed E-state index contributed by atoms with van der Waals surface area (Å²) in [6.07, 6.45) is 0.863. The molecule has 0 bridgehead atoms. The summed E-state index contributed by atoms with van der Waals surface area (Å²) < 4.78 is 10.6. The standard InChI is InChI=1S/C14H22O3/c1-11-8-12(14(2,3)15)10-13(9-11)17-7-5-6-16-4/h8-10,15H,5-7H2,1-4H3. The van der Waals surface area contributed by atoms with E-state index in [0.29, 0.717) is 13.2 Å². The molecule has 3 nitrogen and oxygen atoms in total. The van der Waals surface area contributed by atoms with E-state index in [-0.39, 0.29) is 0 Å². The van der Waals surface area contributed by atoms with Gasteiger partial charge in [-0.25, -0.2) is 0 Å². The van der Waals surface area contributed by atoms with Crippen LogP contribution in [0.3, 0.4) is 0 Å². The molecular formula is C14H22O3. The summed E-state index contributed by atoms with van der Waals surface area (Å²) in [5.74, 6) is 0.804. The molecule has 0 aliphatic rings. The van der Waals surface area contributed by atoms with Crippen molar-refractivity contribution in [3.05, 3.63) is 29.3 Å². The van der Waals surface area contributed by atoms with Gasteiger partial charge in [-0.2, -0.15) is 0 Å². The normalized spacial score (nSPS) is 11.6. The zero-order valence-corrected chi connectivity index (χ0v) is 11.1. The zero-order chi connectivity index (χ0) is 12.9. The van der Waals surface area contributed by atoms with Gasteiger partial charge in [0.1, 0.15) is 5.75 Å². The Hall–Kier alpha value is -1.06. The molecule has 0 amide bonds. The maximum Gasteiger partial charge on any atom is 0.119 e. The fraction of sp³-hybridized carbons (Fsp3) is 0.571. The molecule has 1 N–H and O–H groups in total. The van der Waals surface area contributed by atoms with Crippen LogP contribution in [-0.2, 0) is 10.3 Å². The highest BCUT2D eigenvalue weighted by Crippen LogP contribution is 2.25. The lowest BCUT2D eigenvalue weighted by atomic mass is 9.96. The van der Waals surface area contributed by atoms with Crippen molar-refractivity contribution in [3.63, 3.8) is 0 Å². The average Bonchev–Trinajstić information content (AvgIpc) is 2.22. The van der Waals surface area contributed by atoms with Gasteiger partial charge in [-0.3, -0.25) is 0 Å². The first-order valence-electron chi connectivity index (χ1n) is 5.90. The predicted molar refractivity (Wildman–Crippen MR) is 68.4 cm³/mol. The molecule has 0 spiro atoms. The molecule has 17 heavy (non-hydrogen) atoms. The van der Waals surface area contributed by atoms with Crippen LogP contribution in [0, 0.1) is 6.92 Å². The molecule has 0 atom stereocenters. The third-order valence-electron chi connectivity index (χ3n) is 2.52. The second-order valence-corrected chi connectivity index (χ2v) is 4.79. The maximum absolute atomic E-state index is 9.97. The van der Waals surface area contributed by atoms with Crippen LogP contribution in [0.4, 0.5) is 0 Å². The summed E-state index contributed by atoms with van der Waals surface area (Å²) in [7, 11) is 1.68. The second kappa shape index (κ2) is 6.03. The number of methoxy groups -OCH3 is 1. The maximum atomic E-state index is 9.97. The van der Waals surface area contributed by atoms with Crippen LogP contribution in [-0.4, -0.2) is 25.4 Å². The Labute approximate surface area is 103 Å². The van der Waals surface area contributed by atoms with Crippen LogP contribution >= 0.6 is 0 Å². The van der Waals surface area contributed by atoms with Crippen molar-refractivity contribution in [2.45, 2.75) is 32.8 Å². The minimum atomic E-state index is -0.837. The number of benzene rings is 1. The van der Waals surface area contributed by atoms with E-state index in [2.05, 4.69) is 0 Å². The Balaban J connectivity index is 2.69. The van der Waals surface area contributed by atoms with Crippen molar-refractivity contribution in [1.29, 1.82) is 0 Å². The first-order valence-corrected chi connectivity index (χ1v) is 5.90. The molecule has 1 aromatic carbocycles. The Kier molecular flexibility index (Phi) is 4.97. The van der Waals surface area contributed by atoms with Crippen LogP contribution in [0.15, 0.2) is 18.2 Å². The molecule has 0 unspecified atom stereocenters. The molecule has 3 heteroatoms. The highest BCUT2D eigenvalue weighted by molar-refractivity contribution is 5.36. The Morgan fingerprint density at radius 3 is 2.47 bits per heavy atom. The molecular weight excluding hydrogens is 216 g/mol. The van der Waals surface area contributed by atoms with E-state index in [9.17, 15) is 5.11 Å². The quantitative estimate of drug-likeness (QED) is 0.774. The van der Waals surface area contributed by atoms with Crippen molar-refractivity contribution < 1.29 is 14.6 Å². The molecule has 0 heterocycles. The number of ether oxygens (including phenoxy) is 2. The van der Waals surface area contributed by atoms with Crippen molar-refractivity contribution in [3.8, 4) is 5.75 Å². The summed E-state index contributed by atoms with van der Waals surface area (Å²) in [6, 6.07) is 5.84. The number of hydrogen-bond acceptors (Lipinski definition) is 3. The van der Waals surface area contributed by atoms with Crippen molar-refractivity contribution >= 4 is 0 Å². The fourth-order valence-corrected chi connectivity index (χ4v) is 1.58. The first kappa shape index (κ1) is 14.0. The SMILES string of the molecule is COCCCOc1cc(C)cc(C(C)(C)O)c1. The minimum absolute atomic E-state index is 0.628. The number of rotatable bonds is 6. The van der Waals surface area contributed by atoms with Gasteiger partial charge in [0.2, 0.25) is 0 Å². The van der Waals surface area contributed by atoms with Gasteiger partial charge in [-0.1, -0.05) is 6.07 Å². The van der Waals surface area contributed by atoms with Gasteiger partial charge < -0.3 is 14.6 Å². The summed E-state index contributed by atoms with van der Waals surface area (Å²) in [5, 5.41) is 9.97. The van der Waals surface area contributed by atoms with E-state index in [1.54, 1.807) is 21.0 Å². The molecule has 0 fully saturated rings. The summed E-state index contributed by atoms with van der Waals surface area (Å²) in [4.78, 5) is 0. The lowest BCUT2D eigenvalue weighted by Gasteiger charge is -2.19. The second-order valence-electron chi connectivity index (χ2n) is 4.79. The monoisotopic (exact) mass is 238 g/mol. The molecule has 1 aromatic rings. The Bertz CT molecular complexity index is 353. The summed E-state index contributed by atoms with van der Waals surface area (Å²) >= 11 is 0. The van der Waals surface area contributed by atoms with Crippen molar-refractivity contribution in [2.75, 3.05) is 20.3 Å². The summed E-state index contributed by atoms with van der Waals surface area (Å²) in [5.41, 5.74) is 1.13. The van der Waals surface area contributed by atoms with Gasteiger partial charge >= 0.3 is 0 Å². The van der Waals surface area contributed by atoms with Crippen molar-refractivity contribution in [2.24, 2.45) is 0 Å². The van der Waals surface area contributed by atoms with Crippen LogP contribution in [0.25, 0.3) is 0 Å². The van der Waals surface area contributed by atoms with E-state index in [1.165, 1.54) is 0 Å². The van der Waals surface area contributed by atoms with Crippen LogP contribution in [0.1, 0.15) is 31.4 Å². The largest absolute Gasteiger partial charge is 0.493 e. The van der Waals surface area contributed by atoms with Crippen LogP contribution in [0.2, 0.25) is 0 Å². The molecule has 0 aliphatic heterocycles. The van der Waals surface area contributed by atoms with Crippen LogP contribution in [0.5, 0.6) is 5.75 Å². The minimum Gasteiger partial charge on any atom is -0.493 e. The molecule has 0 saturated carbocycles. The molecule has 1 rings (SSSR count). The van der Waals surface area contributed by atoms with Gasteiger partial charge in [-0.15, -0.1) is 0 Å². The lowest BCUT2D eigenvalue weighted by molar-refractivity contribution is 0.0781. The van der Waals surface area contributed by atoms with E-state index < -0.39 is 5.60 Å². The molecule has 0 radical (unpaired) electrons. The molecule has 0 aromatic heterocycles. The van der Waals surface area contributed by atoms with E-state index in [1.807, 2.05) is 25.1 Å². The molecule has 0 saturated heterocycles. The molecule has 96 valence electrons. The van der Waals surface area contributed by atoms with Crippen molar-refractivity contribution in [1.82, 2.24) is 0 Å². The van der Waals surface area contributed by atoms with E-state index in [0.717, 1.165) is 23.3 Å². The summed E-state index contributed by atoms with van der Waals surface area (Å²) in [6.45, 7) is 6.87. The highest BCUT2D eigenvalue weighted by atomic mass is 16.5. The Morgan fingerprint density at radius 2 is 1.88 bits per heavy atom. The average molecular weight is 238 g/mol. The van der Waals surface area contributed by atoms with Gasteiger partial charge in [0.25, 0.3) is 0 Å². The third kappa shape index (κ3) is 4.75. The number of aryl methyl sites for hydroxylation is 1. The Morgan fingerprint density at radius 1 is 1.18 bits per heavy atom. The third-order valence-corrected chi connectivity index (χ3v) is 2.52. The number of hydrogen-bond donors (Lipinski definition) is 1. The van der Waals surface area contributed by atoms with Gasteiger partial charge in [0.15, 0.2) is 0 Å². The predicted octanol–water partition coefficient (Wildman–Crippen LogP) is 2.64. The number of aliphatic hydroxyl groups is 1. The zero-order valence-electron chi connectivity index (χ0n) is 11.1. The van der Waals surface area contributed by atoms with Gasteiger partial charge in [0.05, 0.1) is 12.2 Å². The molecule has 0 aliphatic carbocycles. The lowest BCUT2D eigenvalue weighted by Crippen LogP contribution is -2.15. The smallest absolute Gasteiger partial charge is 0.119 e. The van der Waals surface area contributed by atoms with Crippen LogP contribution < -0.4 is 4.74 Å². The fourth-order valence-electron chi connectivity index (χ4n) is 1.58. The van der Waals surface area contributed by atoms with E-state index in [4.69, 9.17) is 9.47 Å². The topological polar surface area (TPSA) is 38.7 Å². The first-order chi connectivity index (χ1) is 7.93. The van der Waals surface area contributed by atoms with E-state index >= 15 is 0 Å². The van der Waals surface area contributed by atoms with Gasteiger partial charge in [0, 0.05) is 20.1 Å².